The fourth-order valence-corrected chi connectivity index (χ4v) is 4.34. The number of aryl methyl sites for hydroxylation is 1. The molecule has 2 atom stereocenters. The van der Waals surface area contributed by atoms with Gasteiger partial charge in [0.1, 0.15) is 5.75 Å². The average Bonchev–Trinajstić information content (AvgIpc) is 2.61. The van der Waals surface area contributed by atoms with Crippen LogP contribution in [-0.4, -0.2) is 54.0 Å². The molecule has 1 aliphatic heterocycles. The lowest BCUT2D eigenvalue weighted by Crippen LogP contribution is -2.48. The number of likely N-dealkylation sites (tertiary alicyclic amines) is 1. The first-order valence-corrected chi connectivity index (χ1v) is 9.97. The van der Waals surface area contributed by atoms with Crippen LogP contribution in [0.15, 0.2) is 18.2 Å². The van der Waals surface area contributed by atoms with Crippen LogP contribution in [0.1, 0.15) is 58.1 Å². The molecule has 0 bridgehead atoms. The first-order chi connectivity index (χ1) is 12.2. The molecule has 1 aliphatic rings. The van der Waals surface area contributed by atoms with E-state index in [9.17, 15) is 9.90 Å². The summed E-state index contributed by atoms with van der Waals surface area (Å²) < 4.78 is 0. The number of carbonyl (C=O) groups excluding carboxylic acids is 1. The second-order valence-electron chi connectivity index (χ2n) is 8.42. The lowest BCUT2D eigenvalue weighted by atomic mass is 9.67. The summed E-state index contributed by atoms with van der Waals surface area (Å²) in [5.41, 5.74) is 2.62. The van der Waals surface area contributed by atoms with Crippen molar-refractivity contribution in [2.45, 2.75) is 64.8 Å². The third-order valence-electron chi connectivity index (χ3n) is 6.22. The van der Waals surface area contributed by atoms with Crippen LogP contribution in [0.4, 0.5) is 0 Å². The standard InChI is InChI=1S/C22H36N2O2/c1-7-18-8-9-19(25)14-20(18)22(10-12-23(5)17(4)15-22)11-13-24(6)21(26)16(2)3/h8-9,14,16-17,25H,7,10-13,15H2,1-6H3. The monoisotopic (exact) mass is 360 g/mol. The molecule has 2 unspecified atom stereocenters. The molecule has 1 fully saturated rings. The molecule has 1 aromatic carbocycles. The van der Waals surface area contributed by atoms with Gasteiger partial charge in [-0.1, -0.05) is 26.8 Å². The van der Waals surface area contributed by atoms with E-state index in [-0.39, 0.29) is 17.2 Å². The van der Waals surface area contributed by atoms with Crippen molar-refractivity contribution in [3.63, 3.8) is 0 Å². The molecule has 0 radical (unpaired) electrons. The van der Waals surface area contributed by atoms with Crippen molar-refractivity contribution in [1.29, 1.82) is 0 Å². The number of aromatic hydroxyl groups is 1. The SMILES string of the molecule is CCc1ccc(O)cc1C1(CCN(C)C(=O)C(C)C)CCN(C)C(C)C1. The van der Waals surface area contributed by atoms with Crippen molar-refractivity contribution in [2.75, 3.05) is 27.2 Å². The van der Waals surface area contributed by atoms with E-state index in [1.807, 2.05) is 31.9 Å². The smallest absolute Gasteiger partial charge is 0.224 e. The van der Waals surface area contributed by atoms with Gasteiger partial charge in [0.2, 0.25) is 5.91 Å². The number of benzene rings is 1. The largest absolute Gasteiger partial charge is 0.508 e. The summed E-state index contributed by atoms with van der Waals surface area (Å²) in [4.78, 5) is 16.6. The van der Waals surface area contributed by atoms with Crippen molar-refractivity contribution < 1.29 is 9.90 Å². The minimum Gasteiger partial charge on any atom is -0.508 e. The maximum absolute atomic E-state index is 12.3. The predicted octanol–water partition coefficient (Wildman–Crippen LogP) is 3.81. The number of carbonyl (C=O) groups is 1. The first kappa shape index (κ1) is 20.8. The molecule has 0 spiro atoms. The summed E-state index contributed by atoms with van der Waals surface area (Å²) in [6.07, 6.45) is 4.02. The molecule has 1 N–H and O–H groups in total. The number of rotatable bonds is 6. The van der Waals surface area contributed by atoms with Crippen molar-refractivity contribution in [3.05, 3.63) is 29.3 Å². The number of hydrogen-bond acceptors (Lipinski definition) is 3. The molecule has 26 heavy (non-hydrogen) atoms. The Morgan fingerprint density at radius 3 is 2.69 bits per heavy atom. The summed E-state index contributed by atoms with van der Waals surface area (Å²) in [6, 6.07) is 6.32. The number of nitrogens with zero attached hydrogens (tertiary/aromatic N) is 2. The highest BCUT2D eigenvalue weighted by atomic mass is 16.3. The summed E-state index contributed by atoms with van der Waals surface area (Å²) in [7, 11) is 4.10. The number of amides is 1. The van der Waals surface area contributed by atoms with Gasteiger partial charge in [0, 0.05) is 31.0 Å². The minimum absolute atomic E-state index is 0.0154. The normalized spacial score (nSPS) is 24.0. The number of phenolic OH excluding ortho intramolecular Hbond substituents is 1. The molecule has 146 valence electrons. The zero-order valence-corrected chi connectivity index (χ0v) is 17.4. The van der Waals surface area contributed by atoms with E-state index in [0.717, 1.165) is 38.8 Å². The van der Waals surface area contributed by atoms with E-state index in [0.29, 0.717) is 11.8 Å². The van der Waals surface area contributed by atoms with Crippen LogP contribution in [0.2, 0.25) is 0 Å². The van der Waals surface area contributed by atoms with Crippen molar-refractivity contribution in [2.24, 2.45) is 5.92 Å². The highest BCUT2D eigenvalue weighted by Crippen LogP contribution is 2.43. The van der Waals surface area contributed by atoms with Gasteiger partial charge in [-0.05, 0) is 69.5 Å². The zero-order valence-electron chi connectivity index (χ0n) is 17.4. The lowest BCUT2D eigenvalue weighted by Gasteiger charge is -2.46. The number of hydrogen-bond donors (Lipinski definition) is 1. The fraction of sp³-hybridized carbons (Fsp3) is 0.682. The van der Waals surface area contributed by atoms with E-state index in [4.69, 9.17) is 0 Å². The van der Waals surface area contributed by atoms with Crippen LogP contribution < -0.4 is 0 Å². The Hall–Kier alpha value is -1.55. The van der Waals surface area contributed by atoms with Crippen LogP contribution in [-0.2, 0) is 16.6 Å². The predicted molar refractivity (Wildman–Crippen MR) is 108 cm³/mol. The maximum Gasteiger partial charge on any atom is 0.224 e. The molecule has 2 rings (SSSR count). The first-order valence-electron chi connectivity index (χ1n) is 9.97. The topological polar surface area (TPSA) is 43.8 Å². The van der Waals surface area contributed by atoms with Gasteiger partial charge in [-0.25, -0.2) is 0 Å². The maximum atomic E-state index is 12.3. The summed E-state index contributed by atoms with van der Waals surface area (Å²) in [6.45, 7) is 10.2. The fourth-order valence-electron chi connectivity index (χ4n) is 4.34. The Morgan fingerprint density at radius 2 is 2.12 bits per heavy atom. The Bertz CT molecular complexity index is 629. The van der Waals surface area contributed by atoms with Gasteiger partial charge in [0.05, 0.1) is 0 Å². The molecule has 1 heterocycles. The molecule has 4 heteroatoms. The molecular formula is C22H36N2O2. The van der Waals surface area contributed by atoms with Crippen molar-refractivity contribution >= 4 is 5.91 Å². The van der Waals surface area contributed by atoms with Crippen molar-refractivity contribution in [3.8, 4) is 5.75 Å². The van der Waals surface area contributed by atoms with E-state index >= 15 is 0 Å². The molecule has 4 nitrogen and oxygen atoms in total. The highest BCUT2D eigenvalue weighted by Gasteiger charge is 2.40. The summed E-state index contributed by atoms with van der Waals surface area (Å²) in [5.74, 6) is 0.571. The minimum atomic E-state index is 0.0154. The van der Waals surface area contributed by atoms with Gasteiger partial charge in [0.15, 0.2) is 0 Å². The second-order valence-corrected chi connectivity index (χ2v) is 8.42. The van der Waals surface area contributed by atoms with Crippen LogP contribution in [0.3, 0.4) is 0 Å². The molecule has 0 saturated carbocycles. The van der Waals surface area contributed by atoms with Gasteiger partial charge in [-0.3, -0.25) is 4.79 Å². The molecular weight excluding hydrogens is 324 g/mol. The number of phenols is 1. The van der Waals surface area contributed by atoms with Gasteiger partial charge in [-0.15, -0.1) is 0 Å². The molecule has 1 amide bonds. The van der Waals surface area contributed by atoms with E-state index in [1.54, 1.807) is 6.07 Å². The van der Waals surface area contributed by atoms with Gasteiger partial charge < -0.3 is 14.9 Å². The quantitative estimate of drug-likeness (QED) is 0.839. The van der Waals surface area contributed by atoms with Crippen molar-refractivity contribution in [1.82, 2.24) is 9.80 Å². The second kappa shape index (κ2) is 8.43. The van der Waals surface area contributed by atoms with Crippen LogP contribution >= 0.6 is 0 Å². The summed E-state index contributed by atoms with van der Waals surface area (Å²) >= 11 is 0. The van der Waals surface area contributed by atoms with Gasteiger partial charge in [-0.2, -0.15) is 0 Å². The third-order valence-corrected chi connectivity index (χ3v) is 6.22. The lowest BCUT2D eigenvalue weighted by molar-refractivity contribution is -0.133. The zero-order chi connectivity index (χ0) is 19.5. The summed E-state index contributed by atoms with van der Waals surface area (Å²) in [5, 5.41) is 10.2. The Labute approximate surface area is 159 Å². The van der Waals surface area contributed by atoms with Crippen LogP contribution in [0, 0.1) is 5.92 Å². The average molecular weight is 361 g/mol. The Morgan fingerprint density at radius 1 is 1.42 bits per heavy atom. The molecule has 1 aromatic rings. The van der Waals surface area contributed by atoms with E-state index < -0.39 is 0 Å². The van der Waals surface area contributed by atoms with E-state index in [1.165, 1.54) is 11.1 Å². The van der Waals surface area contributed by atoms with Crippen LogP contribution in [0.25, 0.3) is 0 Å². The van der Waals surface area contributed by atoms with Crippen LogP contribution in [0.5, 0.6) is 5.75 Å². The van der Waals surface area contributed by atoms with Gasteiger partial charge >= 0.3 is 0 Å². The molecule has 0 aliphatic carbocycles. The van der Waals surface area contributed by atoms with E-state index in [2.05, 4.69) is 31.9 Å². The Balaban J connectivity index is 2.35. The highest BCUT2D eigenvalue weighted by molar-refractivity contribution is 5.77. The number of piperidine rings is 1. The van der Waals surface area contributed by atoms with Gasteiger partial charge in [0.25, 0.3) is 0 Å². The molecule has 1 saturated heterocycles. The molecule has 0 aromatic heterocycles. The Kier molecular flexibility index (Phi) is 6.73. The third kappa shape index (κ3) is 4.40.